The number of carbonyl (C=O) groups excluding carboxylic acids is 2. The summed E-state index contributed by atoms with van der Waals surface area (Å²) in [6.45, 7) is 0.187. The molecule has 0 fully saturated rings. The van der Waals surface area contributed by atoms with Crippen molar-refractivity contribution in [1.82, 2.24) is 10.4 Å². The van der Waals surface area contributed by atoms with Gasteiger partial charge in [-0.25, -0.2) is 10.2 Å². The Hall–Kier alpha value is -3.22. The highest BCUT2D eigenvalue weighted by Crippen LogP contribution is 2.31. The molecule has 0 saturated carbocycles. The Kier molecular flexibility index (Phi) is 5.03. The first-order valence-electron chi connectivity index (χ1n) is 7.77. The van der Waals surface area contributed by atoms with E-state index in [1.54, 1.807) is 18.2 Å². The molecule has 0 radical (unpaired) electrons. The highest BCUT2D eigenvalue weighted by Gasteiger charge is 2.30. The lowest BCUT2D eigenvalue weighted by atomic mass is 10.2. The normalized spacial score (nSPS) is 15.2. The zero-order valence-electron chi connectivity index (χ0n) is 13.7. The molecule has 0 aliphatic carbocycles. The highest BCUT2D eigenvalue weighted by molar-refractivity contribution is 5.83. The van der Waals surface area contributed by atoms with E-state index in [1.165, 1.54) is 7.05 Å². The largest absolute Gasteiger partial charge is 0.485 e. The van der Waals surface area contributed by atoms with Crippen molar-refractivity contribution in [2.75, 3.05) is 13.7 Å². The zero-order chi connectivity index (χ0) is 17.6. The van der Waals surface area contributed by atoms with Crippen LogP contribution >= 0.6 is 0 Å². The van der Waals surface area contributed by atoms with Gasteiger partial charge in [0.05, 0.1) is 0 Å². The maximum absolute atomic E-state index is 12.4. The number of nitrogens with one attached hydrogen (secondary N) is 1. The second-order valence-corrected chi connectivity index (χ2v) is 5.44. The number of carbonyl (C=O) groups is 2. The highest BCUT2D eigenvalue weighted by atomic mass is 16.6. The third-order valence-corrected chi connectivity index (χ3v) is 3.59. The number of para-hydroxylation sites is 2. The molecule has 1 heterocycles. The van der Waals surface area contributed by atoms with E-state index < -0.39 is 18.1 Å². The van der Waals surface area contributed by atoms with Crippen molar-refractivity contribution < 1.29 is 23.8 Å². The second-order valence-electron chi connectivity index (χ2n) is 5.44. The van der Waals surface area contributed by atoms with Crippen LogP contribution in [0.2, 0.25) is 0 Å². The van der Waals surface area contributed by atoms with Gasteiger partial charge in [-0.05, 0) is 17.7 Å². The monoisotopic (exact) mass is 342 g/mol. The van der Waals surface area contributed by atoms with Crippen molar-refractivity contribution in [3.8, 4) is 11.5 Å². The molecule has 1 aliphatic rings. The summed E-state index contributed by atoms with van der Waals surface area (Å²) >= 11 is 0. The number of amides is 2. The van der Waals surface area contributed by atoms with Crippen LogP contribution in [-0.4, -0.2) is 36.8 Å². The van der Waals surface area contributed by atoms with Crippen LogP contribution in [-0.2, 0) is 16.1 Å². The van der Waals surface area contributed by atoms with Crippen molar-refractivity contribution >= 4 is 12.0 Å². The molecule has 0 spiro atoms. The lowest BCUT2D eigenvalue weighted by Crippen LogP contribution is -2.51. The van der Waals surface area contributed by atoms with Crippen molar-refractivity contribution in [3.63, 3.8) is 0 Å². The summed E-state index contributed by atoms with van der Waals surface area (Å²) in [6, 6.07) is 16.4. The molecule has 25 heavy (non-hydrogen) atoms. The number of hydrogen-bond acceptors (Lipinski definition) is 5. The first-order chi connectivity index (χ1) is 12.1. The average molecular weight is 342 g/mol. The number of fused-ring (bicyclic) bond motifs is 1. The maximum Gasteiger partial charge on any atom is 0.426 e. The maximum atomic E-state index is 12.4. The predicted molar refractivity (Wildman–Crippen MR) is 88.9 cm³/mol. The topological polar surface area (TPSA) is 77.1 Å². The molecular weight excluding hydrogens is 324 g/mol. The van der Waals surface area contributed by atoms with Crippen molar-refractivity contribution in [2.24, 2.45) is 0 Å². The van der Waals surface area contributed by atoms with E-state index in [4.69, 9.17) is 14.2 Å². The van der Waals surface area contributed by atoms with Gasteiger partial charge in [0.15, 0.2) is 11.5 Å². The van der Waals surface area contributed by atoms with E-state index in [-0.39, 0.29) is 13.2 Å². The summed E-state index contributed by atoms with van der Waals surface area (Å²) in [5.41, 5.74) is 3.21. The summed E-state index contributed by atoms with van der Waals surface area (Å²) in [4.78, 5) is 24.2. The molecular formula is C18H18N2O5. The molecule has 1 N–H and O–H groups in total. The molecule has 2 aromatic rings. The minimum Gasteiger partial charge on any atom is -0.485 e. The first-order valence-corrected chi connectivity index (χ1v) is 7.77. The predicted octanol–water partition coefficient (Wildman–Crippen LogP) is 2.13. The van der Waals surface area contributed by atoms with E-state index in [0.717, 1.165) is 10.6 Å². The van der Waals surface area contributed by atoms with E-state index in [2.05, 4.69) is 5.43 Å². The lowest BCUT2D eigenvalue weighted by molar-refractivity contribution is -0.142. The summed E-state index contributed by atoms with van der Waals surface area (Å²) in [6.07, 6.45) is -1.56. The molecule has 1 aliphatic heterocycles. The number of ether oxygens (including phenoxy) is 3. The lowest BCUT2D eigenvalue weighted by Gasteiger charge is -2.28. The third-order valence-electron chi connectivity index (χ3n) is 3.59. The zero-order valence-corrected chi connectivity index (χ0v) is 13.7. The molecule has 3 rings (SSSR count). The standard InChI is InChI=1S/C18H18N2O5/c1-20(19-18(22)24-11-13-7-3-2-4-8-13)17(21)16-12-23-14-9-5-6-10-15(14)25-16/h2-10,16H,11-12H2,1H3,(H,19,22). The first kappa shape index (κ1) is 16.6. The van der Waals surface area contributed by atoms with Gasteiger partial charge in [-0.2, -0.15) is 0 Å². The van der Waals surface area contributed by atoms with Gasteiger partial charge >= 0.3 is 6.09 Å². The van der Waals surface area contributed by atoms with Gasteiger partial charge in [0.25, 0.3) is 5.91 Å². The summed E-state index contributed by atoms with van der Waals surface area (Å²) in [7, 11) is 1.43. The fourth-order valence-electron chi connectivity index (χ4n) is 2.30. The second kappa shape index (κ2) is 7.57. The van der Waals surface area contributed by atoms with Crippen LogP contribution in [0.3, 0.4) is 0 Å². The van der Waals surface area contributed by atoms with Crippen molar-refractivity contribution in [3.05, 3.63) is 60.2 Å². The van der Waals surface area contributed by atoms with E-state index in [1.807, 2.05) is 36.4 Å². The molecule has 2 amide bonds. The Morgan fingerprint density at radius 3 is 2.56 bits per heavy atom. The molecule has 7 nitrogen and oxygen atoms in total. The van der Waals surface area contributed by atoms with E-state index in [0.29, 0.717) is 11.5 Å². The minimum atomic E-state index is -0.839. The van der Waals surface area contributed by atoms with Gasteiger partial charge in [-0.15, -0.1) is 0 Å². The number of likely N-dealkylation sites (N-methyl/N-ethyl adjacent to an activating group) is 1. The summed E-state index contributed by atoms with van der Waals surface area (Å²) in [5, 5.41) is 1.04. The Morgan fingerprint density at radius 1 is 1.12 bits per heavy atom. The number of nitrogens with zero attached hydrogens (tertiary/aromatic N) is 1. The van der Waals surface area contributed by atoms with Gasteiger partial charge in [-0.1, -0.05) is 42.5 Å². The number of hydrogen-bond donors (Lipinski definition) is 1. The number of benzene rings is 2. The fourth-order valence-corrected chi connectivity index (χ4v) is 2.30. The van der Waals surface area contributed by atoms with Crippen molar-refractivity contribution in [2.45, 2.75) is 12.7 Å². The van der Waals surface area contributed by atoms with Crippen LogP contribution in [0.1, 0.15) is 5.56 Å². The van der Waals surface area contributed by atoms with Crippen molar-refractivity contribution in [1.29, 1.82) is 0 Å². The van der Waals surface area contributed by atoms with Crippen LogP contribution < -0.4 is 14.9 Å². The Balaban J connectivity index is 1.50. The molecule has 0 bridgehead atoms. The van der Waals surface area contributed by atoms with Gasteiger partial charge in [0, 0.05) is 7.05 Å². The van der Waals surface area contributed by atoms with Crippen LogP contribution in [0.15, 0.2) is 54.6 Å². The summed E-state index contributed by atoms with van der Waals surface area (Å²) < 4.78 is 16.2. The fraction of sp³-hybridized carbons (Fsp3) is 0.222. The molecule has 7 heteroatoms. The number of rotatable bonds is 3. The molecule has 1 atom stereocenters. The van der Waals surface area contributed by atoms with Crippen LogP contribution in [0.4, 0.5) is 4.79 Å². The number of hydrazine groups is 1. The smallest absolute Gasteiger partial charge is 0.426 e. The quantitative estimate of drug-likeness (QED) is 0.865. The van der Waals surface area contributed by atoms with E-state index >= 15 is 0 Å². The van der Waals surface area contributed by atoms with Crippen LogP contribution in [0.25, 0.3) is 0 Å². The average Bonchev–Trinajstić information content (AvgIpc) is 2.66. The van der Waals surface area contributed by atoms with Gasteiger partial charge in [0.2, 0.25) is 6.10 Å². The Bertz CT molecular complexity index is 750. The molecule has 130 valence electrons. The molecule has 2 aromatic carbocycles. The van der Waals surface area contributed by atoms with Crippen LogP contribution in [0, 0.1) is 0 Å². The minimum absolute atomic E-state index is 0.0704. The third kappa shape index (κ3) is 4.20. The Morgan fingerprint density at radius 2 is 1.80 bits per heavy atom. The SMILES string of the molecule is CN(NC(=O)OCc1ccccc1)C(=O)C1COc2ccccc2O1. The van der Waals surface area contributed by atoms with Gasteiger partial charge in [-0.3, -0.25) is 9.80 Å². The van der Waals surface area contributed by atoms with Gasteiger partial charge in [0.1, 0.15) is 13.2 Å². The Labute approximate surface area is 145 Å². The van der Waals surface area contributed by atoms with Gasteiger partial charge < -0.3 is 14.2 Å². The van der Waals surface area contributed by atoms with E-state index in [9.17, 15) is 9.59 Å². The molecule has 0 aromatic heterocycles. The molecule has 1 unspecified atom stereocenters. The molecule has 0 saturated heterocycles. The summed E-state index contributed by atoms with van der Waals surface area (Å²) in [5.74, 6) is 0.641. The van der Waals surface area contributed by atoms with Crippen LogP contribution in [0.5, 0.6) is 11.5 Å².